The van der Waals surface area contributed by atoms with Crippen molar-refractivity contribution in [3.63, 3.8) is 0 Å². The molecule has 1 N–H and O–H groups in total. The Labute approximate surface area is 190 Å². The SMILES string of the molecule is CC(=O)c1cccc(NC(=O)COC(=O)C2Cc3ccccc3CN2C(=O)c2ccco2)c1. The van der Waals surface area contributed by atoms with E-state index in [9.17, 15) is 19.2 Å². The lowest BCUT2D eigenvalue weighted by Crippen LogP contribution is -2.49. The van der Waals surface area contributed by atoms with Crippen molar-refractivity contribution in [1.82, 2.24) is 4.90 Å². The zero-order chi connectivity index (χ0) is 23.4. The molecule has 0 fully saturated rings. The van der Waals surface area contributed by atoms with Gasteiger partial charge in [0.2, 0.25) is 0 Å². The van der Waals surface area contributed by atoms with Gasteiger partial charge in [-0.2, -0.15) is 0 Å². The van der Waals surface area contributed by atoms with Crippen LogP contribution in [0.15, 0.2) is 71.3 Å². The maximum atomic E-state index is 13.0. The van der Waals surface area contributed by atoms with E-state index in [1.165, 1.54) is 24.2 Å². The number of nitrogens with zero attached hydrogens (tertiary/aromatic N) is 1. The summed E-state index contributed by atoms with van der Waals surface area (Å²) >= 11 is 0. The van der Waals surface area contributed by atoms with Crippen LogP contribution in [0.3, 0.4) is 0 Å². The first-order chi connectivity index (χ1) is 15.9. The minimum absolute atomic E-state index is 0.121. The molecule has 1 aromatic heterocycles. The third-order valence-electron chi connectivity index (χ3n) is 5.41. The Morgan fingerprint density at radius 2 is 1.82 bits per heavy atom. The number of fused-ring (bicyclic) bond motifs is 1. The molecule has 33 heavy (non-hydrogen) atoms. The maximum absolute atomic E-state index is 13.0. The van der Waals surface area contributed by atoms with Gasteiger partial charge < -0.3 is 19.4 Å². The highest BCUT2D eigenvalue weighted by Crippen LogP contribution is 2.26. The molecule has 0 bridgehead atoms. The number of esters is 1. The second-order valence-electron chi connectivity index (χ2n) is 7.69. The molecule has 168 valence electrons. The highest BCUT2D eigenvalue weighted by Gasteiger charge is 2.37. The van der Waals surface area contributed by atoms with Crippen molar-refractivity contribution in [3.05, 3.63) is 89.4 Å². The second-order valence-corrected chi connectivity index (χ2v) is 7.69. The summed E-state index contributed by atoms with van der Waals surface area (Å²) in [5.74, 6) is -1.67. The molecule has 8 nitrogen and oxygen atoms in total. The first-order valence-electron chi connectivity index (χ1n) is 10.4. The number of hydrogen-bond donors (Lipinski definition) is 1. The van der Waals surface area contributed by atoms with Gasteiger partial charge in [-0.1, -0.05) is 36.4 Å². The van der Waals surface area contributed by atoms with Crippen LogP contribution in [0.25, 0.3) is 0 Å². The van der Waals surface area contributed by atoms with Gasteiger partial charge in [-0.15, -0.1) is 0 Å². The molecular formula is C25H22N2O6. The number of Topliss-reactive ketones (excluding diaryl/α,β-unsaturated/α-hetero) is 1. The zero-order valence-corrected chi connectivity index (χ0v) is 17.9. The molecule has 1 atom stereocenters. The number of ketones is 1. The summed E-state index contributed by atoms with van der Waals surface area (Å²) in [4.78, 5) is 51.1. The van der Waals surface area contributed by atoms with E-state index in [-0.39, 0.29) is 24.5 Å². The zero-order valence-electron chi connectivity index (χ0n) is 17.9. The predicted molar refractivity (Wildman–Crippen MR) is 119 cm³/mol. The first-order valence-corrected chi connectivity index (χ1v) is 10.4. The molecule has 1 unspecified atom stereocenters. The number of furan rings is 1. The van der Waals surface area contributed by atoms with Crippen LogP contribution in [-0.4, -0.2) is 41.1 Å². The second kappa shape index (κ2) is 9.52. The number of hydrogen-bond acceptors (Lipinski definition) is 6. The summed E-state index contributed by atoms with van der Waals surface area (Å²) in [7, 11) is 0. The summed E-state index contributed by atoms with van der Waals surface area (Å²) in [5.41, 5.74) is 2.75. The fourth-order valence-electron chi connectivity index (χ4n) is 3.73. The van der Waals surface area contributed by atoms with Gasteiger partial charge in [-0.3, -0.25) is 14.4 Å². The number of benzene rings is 2. The number of carbonyl (C=O) groups excluding carboxylic acids is 4. The lowest BCUT2D eigenvalue weighted by molar-refractivity contribution is -0.152. The van der Waals surface area contributed by atoms with Crippen LogP contribution >= 0.6 is 0 Å². The number of carbonyl (C=O) groups is 4. The van der Waals surface area contributed by atoms with E-state index in [1.54, 1.807) is 30.3 Å². The molecule has 0 saturated heterocycles. The molecule has 4 rings (SSSR count). The summed E-state index contributed by atoms with van der Waals surface area (Å²) in [6, 6.07) is 16.3. The molecule has 0 spiro atoms. The van der Waals surface area contributed by atoms with Gasteiger partial charge in [0.15, 0.2) is 18.2 Å². The summed E-state index contributed by atoms with van der Waals surface area (Å²) in [6.45, 7) is 1.13. The third-order valence-corrected chi connectivity index (χ3v) is 5.41. The van der Waals surface area contributed by atoms with Crippen LogP contribution in [-0.2, 0) is 27.3 Å². The summed E-state index contributed by atoms with van der Waals surface area (Å²) < 4.78 is 10.5. The molecule has 0 aliphatic carbocycles. The Balaban J connectivity index is 1.45. The Bertz CT molecular complexity index is 1200. The molecule has 3 aromatic rings. The van der Waals surface area contributed by atoms with Crippen molar-refractivity contribution in [2.75, 3.05) is 11.9 Å². The molecular weight excluding hydrogens is 424 g/mol. The molecule has 0 radical (unpaired) electrons. The van der Waals surface area contributed by atoms with Gasteiger partial charge in [0.05, 0.1) is 6.26 Å². The van der Waals surface area contributed by atoms with Crippen LogP contribution in [0.5, 0.6) is 0 Å². The quantitative estimate of drug-likeness (QED) is 0.460. The smallest absolute Gasteiger partial charge is 0.329 e. The van der Waals surface area contributed by atoms with Crippen LogP contribution in [0.1, 0.15) is 39.0 Å². The Hall–Kier alpha value is -4.20. The number of nitrogens with one attached hydrogen (secondary N) is 1. The average Bonchev–Trinajstić information content (AvgIpc) is 3.36. The van der Waals surface area contributed by atoms with Crippen molar-refractivity contribution < 1.29 is 28.3 Å². The molecule has 2 amide bonds. The monoisotopic (exact) mass is 446 g/mol. The molecule has 2 heterocycles. The van der Waals surface area contributed by atoms with Crippen LogP contribution in [0.2, 0.25) is 0 Å². The van der Waals surface area contributed by atoms with E-state index in [0.29, 0.717) is 11.3 Å². The molecule has 0 saturated carbocycles. The van der Waals surface area contributed by atoms with E-state index in [2.05, 4.69) is 5.32 Å². The third kappa shape index (κ3) is 5.01. The maximum Gasteiger partial charge on any atom is 0.329 e. The van der Waals surface area contributed by atoms with E-state index in [0.717, 1.165) is 11.1 Å². The summed E-state index contributed by atoms with van der Waals surface area (Å²) in [5, 5.41) is 2.60. The molecule has 1 aliphatic rings. The van der Waals surface area contributed by atoms with Gasteiger partial charge >= 0.3 is 5.97 Å². The molecule has 8 heteroatoms. The van der Waals surface area contributed by atoms with Crippen LogP contribution < -0.4 is 5.32 Å². The Morgan fingerprint density at radius 3 is 2.55 bits per heavy atom. The van der Waals surface area contributed by atoms with E-state index in [1.807, 2.05) is 24.3 Å². The predicted octanol–water partition coefficient (Wildman–Crippen LogP) is 3.23. The van der Waals surface area contributed by atoms with E-state index >= 15 is 0 Å². The van der Waals surface area contributed by atoms with Crippen molar-refractivity contribution in [3.8, 4) is 0 Å². The molecule has 1 aliphatic heterocycles. The molecule has 2 aromatic carbocycles. The Morgan fingerprint density at radius 1 is 1.03 bits per heavy atom. The van der Waals surface area contributed by atoms with Crippen molar-refractivity contribution in [2.45, 2.75) is 25.9 Å². The average molecular weight is 446 g/mol. The van der Waals surface area contributed by atoms with Crippen LogP contribution in [0.4, 0.5) is 5.69 Å². The van der Waals surface area contributed by atoms with Gasteiger partial charge in [-0.25, -0.2) is 4.79 Å². The fourth-order valence-corrected chi connectivity index (χ4v) is 3.73. The topological polar surface area (TPSA) is 106 Å². The standard InChI is InChI=1S/C25H22N2O6/c1-16(28)17-8-4-9-20(12-17)26-23(29)15-33-25(31)21-13-18-6-2-3-7-19(18)14-27(21)24(30)22-10-5-11-32-22/h2-12,21H,13-15H2,1H3,(H,26,29). The summed E-state index contributed by atoms with van der Waals surface area (Å²) in [6.07, 6.45) is 1.66. The number of ether oxygens (including phenoxy) is 1. The van der Waals surface area contributed by atoms with Gasteiger partial charge in [-0.05, 0) is 42.3 Å². The van der Waals surface area contributed by atoms with Gasteiger partial charge in [0.1, 0.15) is 6.04 Å². The van der Waals surface area contributed by atoms with Crippen molar-refractivity contribution in [2.24, 2.45) is 0 Å². The first kappa shape index (κ1) is 22.0. The lowest BCUT2D eigenvalue weighted by Gasteiger charge is -2.34. The van der Waals surface area contributed by atoms with Gasteiger partial charge in [0.25, 0.3) is 11.8 Å². The van der Waals surface area contributed by atoms with Crippen molar-refractivity contribution in [1.29, 1.82) is 0 Å². The van der Waals surface area contributed by atoms with E-state index < -0.39 is 30.4 Å². The number of anilines is 1. The minimum Gasteiger partial charge on any atom is -0.459 e. The number of amides is 2. The minimum atomic E-state index is -0.897. The fraction of sp³-hybridized carbons (Fsp3) is 0.200. The normalized spacial score (nSPS) is 14.8. The highest BCUT2D eigenvalue weighted by atomic mass is 16.5. The van der Waals surface area contributed by atoms with Crippen molar-refractivity contribution >= 4 is 29.3 Å². The van der Waals surface area contributed by atoms with E-state index in [4.69, 9.17) is 9.15 Å². The number of rotatable bonds is 6. The largest absolute Gasteiger partial charge is 0.459 e. The Kier molecular flexibility index (Phi) is 6.35. The van der Waals surface area contributed by atoms with Crippen LogP contribution in [0, 0.1) is 0 Å². The lowest BCUT2D eigenvalue weighted by atomic mass is 9.93. The van der Waals surface area contributed by atoms with Gasteiger partial charge in [0, 0.05) is 24.2 Å². The highest BCUT2D eigenvalue weighted by molar-refractivity contribution is 5.98.